The van der Waals surface area contributed by atoms with Crippen LogP contribution in [0.25, 0.3) is 11.3 Å². The average molecular weight is 495 g/mol. The van der Waals surface area contributed by atoms with Crippen LogP contribution >= 0.6 is 0 Å². The van der Waals surface area contributed by atoms with E-state index in [2.05, 4.69) is 16.0 Å². The molecule has 3 aromatic rings. The minimum absolute atomic E-state index is 0.0534. The first kappa shape index (κ1) is 24.2. The zero-order valence-electron chi connectivity index (χ0n) is 19.3. The lowest BCUT2D eigenvalue weighted by atomic mass is 9.95. The number of carbonyl (C=O) groups is 1. The molecule has 0 aliphatic carbocycles. The number of amides is 1. The number of sulfone groups is 1. The second-order valence-corrected chi connectivity index (χ2v) is 10.5. The van der Waals surface area contributed by atoms with Crippen LogP contribution in [0.1, 0.15) is 41.4 Å². The Morgan fingerprint density at radius 3 is 2.66 bits per heavy atom. The second-order valence-electron chi connectivity index (χ2n) is 8.47. The van der Waals surface area contributed by atoms with E-state index in [1.54, 1.807) is 18.2 Å². The summed E-state index contributed by atoms with van der Waals surface area (Å²) in [5.74, 6) is 0.755. The molecular weight excluding hydrogens is 468 g/mol. The van der Waals surface area contributed by atoms with Crippen molar-refractivity contribution in [2.45, 2.75) is 36.6 Å². The van der Waals surface area contributed by atoms with Crippen molar-refractivity contribution < 1.29 is 13.2 Å². The molecular formula is C23H26N8O3S. The van der Waals surface area contributed by atoms with Gasteiger partial charge in [0, 0.05) is 43.6 Å². The van der Waals surface area contributed by atoms with E-state index in [1.807, 2.05) is 21.7 Å². The molecule has 3 heterocycles. The van der Waals surface area contributed by atoms with E-state index in [9.17, 15) is 13.2 Å². The van der Waals surface area contributed by atoms with Crippen LogP contribution in [0.15, 0.2) is 41.7 Å². The first-order valence-corrected chi connectivity index (χ1v) is 13.0. The smallest absolute Gasteiger partial charge is 0.256 e. The predicted octanol–water partition coefficient (Wildman–Crippen LogP) is 1.72. The van der Waals surface area contributed by atoms with Crippen molar-refractivity contribution in [3.63, 3.8) is 0 Å². The van der Waals surface area contributed by atoms with Gasteiger partial charge in [0.15, 0.2) is 9.84 Å². The molecule has 182 valence electrons. The zero-order chi connectivity index (χ0) is 25.2. The molecule has 12 heteroatoms. The Kier molecular flexibility index (Phi) is 6.70. The number of nitriles is 1. The summed E-state index contributed by atoms with van der Waals surface area (Å²) >= 11 is 0. The van der Waals surface area contributed by atoms with Crippen molar-refractivity contribution in [3.8, 4) is 17.3 Å². The number of benzene rings is 1. The van der Waals surface area contributed by atoms with Gasteiger partial charge in [0.1, 0.15) is 29.4 Å². The highest BCUT2D eigenvalue weighted by atomic mass is 32.2. The number of hydrogen-bond donors (Lipinski definition) is 2. The number of aryl methyl sites for hydroxylation is 1. The summed E-state index contributed by atoms with van der Waals surface area (Å²) in [6, 6.07) is 8.86. The number of hydrogen-bond acceptors (Lipinski definition) is 9. The third-order valence-electron chi connectivity index (χ3n) is 6.09. The minimum Gasteiger partial charge on any atom is -0.383 e. The number of aromatic nitrogens is 4. The SMILES string of the molecule is CS(=O)(=O)c1cccc(-c2cn(CCC#N)c(C3CCN(c4ncnc(N)c4C(N)=O)CC3)n2)c1. The van der Waals surface area contributed by atoms with Crippen LogP contribution < -0.4 is 16.4 Å². The van der Waals surface area contributed by atoms with Crippen molar-refractivity contribution >= 4 is 27.4 Å². The van der Waals surface area contributed by atoms with Crippen LogP contribution in [0.4, 0.5) is 11.6 Å². The predicted molar refractivity (Wildman–Crippen MR) is 130 cm³/mol. The Morgan fingerprint density at radius 1 is 1.26 bits per heavy atom. The second kappa shape index (κ2) is 9.71. The summed E-state index contributed by atoms with van der Waals surface area (Å²) in [4.78, 5) is 27.1. The van der Waals surface area contributed by atoms with Crippen molar-refractivity contribution in [1.29, 1.82) is 5.26 Å². The minimum atomic E-state index is -3.35. The van der Waals surface area contributed by atoms with Gasteiger partial charge in [-0.2, -0.15) is 5.26 Å². The third-order valence-corrected chi connectivity index (χ3v) is 7.20. The molecule has 1 amide bonds. The van der Waals surface area contributed by atoms with Gasteiger partial charge in [-0.25, -0.2) is 23.4 Å². The first-order chi connectivity index (χ1) is 16.7. The molecule has 0 unspecified atom stereocenters. The van der Waals surface area contributed by atoms with Gasteiger partial charge < -0.3 is 20.9 Å². The van der Waals surface area contributed by atoms with Crippen LogP contribution in [-0.4, -0.2) is 53.2 Å². The number of imidazole rings is 1. The summed E-state index contributed by atoms with van der Waals surface area (Å²) in [7, 11) is -3.35. The fourth-order valence-corrected chi connectivity index (χ4v) is 5.01. The molecule has 0 bridgehead atoms. The average Bonchev–Trinajstić information content (AvgIpc) is 3.26. The number of nitrogens with zero attached hydrogens (tertiary/aromatic N) is 6. The normalized spacial score (nSPS) is 14.6. The van der Waals surface area contributed by atoms with Gasteiger partial charge in [-0.05, 0) is 25.0 Å². The molecule has 4 N–H and O–H groups in total. The van der Waals surface area contributed by atoms with Gasteiger partial charge in [-0.3, -0.25) is 4.79 Å². The highest BCUT2D eigenvalue weighted by Crippen LogP contribution is 2.33. The fourth-order valence-electron chi connectivity index (χ4n) is 4.35. The molecule has 11 nitrogen and oxygen atoms in total. The van der Waals surface area contributed by atoms with Crippen LogP contribution in [-0.2, 0) is 16.4 Å². The molecule has 4 rings (SSSR count). The summed E-state index contributed by atoms with van der Waals surface area (Å²) in [6.45, 7) is 1.69. The van der Waals surface area contributed by atoms with Crippen molar-refractivity contribution in [2.75, 3.05) is 30.0 Å². The van der Waals surface area contributed by atoms with Crippen LogP contribution in [0.5, 0.6) is 0 Å². The Bertz CT molecular complexity index is 1400. The lowest BCUT2D eigenvalue weighted by Crippen LogP contribution is -2.36. The first-order valence-electron chi connectivity index (χ1n) is 11.1. The zero-order valence-corrected chi connectivity index (χ0v) is 20.1. The van der Waals surface area contributed by atoms with Gasteiger partial charge in [0.2, 0.25) is 0 Å². The van der Waals surface area contributed by atoms with Gasteiger partial charge >= 0.3 is 0 Å². The molecule has 1 aliphatic heterocycles. The van der Waals surface area contributed by atoms with Crippen LogP contribution in [0, 0.1) is 11.3 Å². The van der Waals surface area contributed by atoms with E-state index < -0.39 is 15.7 Å². The fraction of sp³-hybridized carbons (Fsp3) is 0.348. The number of piperidine rings is 1. The highest BCUT2D eigenvalue weighted by molar-refractivity contribution is 7.90. The molecule has 1 saturated heterocycles. The molecule has 0 saturated carbocycles. The number of carbonyl (C=O) groups excluding carboxylic acids is 1. The number of nitrogen functional groups attached to an aromatic ring is 1. The standard InChI is InChI=1S/C23H26N8O3S/c1-35(33,34)17-5-2-4-16(12-17)18-13-31(9-3-8-24)22(29-18)15-6-10-30(11-7-15)23-19(21(26)32)20(25)27-14-28-23/h2,4-5,12-15H,3,6-7,9-11H2,1H3,(H2,26,32)(H2,25,27,28). The Balaban J connectivity index is 1.61. The molecule has 1 fully saturated rings. The summed E-state index contributed by atoms with van der Waals surface area (Å²) < 4.78 is 26.0. The number of nitrogens with two attached hydrogens (primary N) is 2. The molecule has 0 atom stereocenters. The highest BCUT2D eigenvalue weighted by Gasteiger charge is 2.28. The third kappa shape index (κ3) is 5.09. The van der Waals surface area contributed by atoms with E-state index >= 15 is 0 Å². The lowest BCUT2D eigenvalue weighted by Gasteiger charge is -2.33. The molecule has 1 aliphatic rings. The van der Waals surface area contributed by atoms with Gasteiger partial charge in [0.25, 0.3) is 5.91 Å². The van der Waals surface area contributed by atoms with Gasteiger partial charge in [-0.15, -0.1) is 0 Å². The van der Waals surface area contributed by atoms with Crippen LogP contribution in [0.3, 0.4) is 0 Å². The van der Waals surface area contributed by atoms with Crippen LogP contribution in [0.2, 0.25) is 0 Å². The number of rotatable bonds is 7. The summed E-state index contributed by atoms with van der Waals surface area (Å²) in [6.07, 6.45) is 6.15. The molecule has 0 radical (unpaired) electrons. The van der Waals surface area contributed by atoms with Crippen molar-refractivity contribution in [2.24, 2.45) is 5.73 Å². The molecule has 1 aromatic carbocycles. The van der Waals surface area contributed by atoms with Gasteiger partial charge in [0.05, 0.1) is 23.1 Å². The monoisotopic (exact) mass is 494 g/mol. The lowest BCUT2D eigenvalue weighted by molar-refractivity contribution is 0.100. The van der Waals surface area contributed by atoms with E-state index in [1.165, 1.54) is 12.6 Å². The van der Waals surface area contributed by atoms with E-state index in [-0.39, 0.29) is 22.2 Å². The number of primary amides is 1. The quantitative estimate of drug-likeness (QED) is 0.495. The molecule has 2 aromatic heterocycles. The number of anilines is 2. The Labute approximate surface area is 203 Å². The maximum atomic E-state index is 12.0. The maximum Gasteiger partial charge on any atom is 0.256 e. The summed E-state index contributed by atoms with van der Waals surface area (Å²) in [5, 5.41) is 9.12. The largest absolute Gasteiger partial charge is 0.383 e. The van der Waals surface area contributed by atoms with Gasteiger partial charge in [-0.1, -0.05) is 12.1 Å². The molecule has 0 spiro atoms. The van der Waals surface area contributed by atoms with E-state index in [0.29, 0.717) is 43.1 Å². The summed E-state index contributed by atoms with van der Waals surface area (Å²) in [5.41, 5.74) is 12.8. The molecule has 35 heavy (non-hydrogen) atoms. The topological polar surface area (TPSA) is 174 Å². The Hall–Kier alpha value is -3.98. The maximum absolute atomic E-state index is 12.0. The van der Waals surface area contributed by atoms with Crippen molar-refractivity contribution in [1.82, 2.24) is 19.5 Å². The van der Waals surface area contributed by atoms with E-state index in [0.717, 1.165) is 18.7 Å². The van der Waals surface area contributed by atoms with Crippen molar-refractivity contribution in [3.05, 3.63) is 48.2 Å². The Morgan fingerprint density at radius 2 is 2.00 bits per heavy atom. The van der Waals surface area contributed by atoms with E-state index in [4.69, 9.17) is 21.7 Å².